The summed E-state index contributed by atoms with van der Waals surface area (Å²) in [6.45, 7) is 7.88. The van der Waals surface area contributed by atoms with Crippen LogP contribution in [-0.4, -0.2) is 23.9 Å². The van der Waals surface area contributed by atoms with Gasteiger partial charge >= 0.3 is 0 Å². The number of rotatable bonds is 6. The predicted molar refractivity (Wildman–Crippen MR) is 84.2 cm³/mol. The van der Waals surface area contributed by atoms with Gasteiger partial charge in [0, 0.05) is 23.2 Å². The molecule has 19 heavy (non-hydrogen) atoms. The minimum atomic E-state index is 0.0496. The van der Waals surface area contributed by atoms with E-state index in [-0.39, 0.29) is 5.91 Å². The third kappa shape index (κ3) is 4.23. The Balaban J connectivity index is 2.92. The number of hydrogen-bond donors (Lipinski definition) is 1. The first-order valence-electron chi connectivity index (χ1n) is 6.87. The lowest BCUT2D eigenvalue weighted by Gasteiger charge is -2.26. The standard InChI is InChI=1S/C15H23BrN2O/c1-4-11(5-2)10-18(6-3)15(19)13-9-12(17)7-8-14(13)16/h7-9,11H,4-6,10,17H2,1-3H3. The number of benzene rings is 1. The van der Waals surface area contributed by atoms with Crippen molar-refractivity contribution in [2.45, 2.75) is 33.6 Å². The molecule has 0 atom stereocenters. The van der Waals surface area contributed by atoms with Gasteiger partial charge in [-0.2, -0.15) is 0 Å². The maximum absolute atomic E-state index is 12.6. The summed E-state index contributed by atoms with van der Waals surface area (Å²) in [4.78, 5) is 14.5. The summed E-state index contributed by atoms with van der Waals surface area (Å²) in [6.07, 6.45) is 2.19. The molecule has 1 aromatic carbocycles. The SMILES string of the molecule is CCC(CC)CN(CC)C(=O)c1cc(N)ccc1Br. The van der Waals surface area contributed by atoms with Crippen molar-refractivity contribution in [3.05, 3.63) is 28.2 Å². The van der Waals surface area contributed by atoms with Crippen molar-refractivity contribution in [3.63, 3.8) is 0 Å². The second-order valence-electron chi connectivity index (χ2n) is 4.77. The summed E-state index contributed by atoms with van der Waals surface area (Å²) >= 11 is 3.43. The van der Waals surface area contributed by atoms with Crippen LogP contribution in [0.2, 0.25) is 0 Å². The van der Waals surface area contributed by atoms with E-state index < -0.39 is 0 Å². The molecule has 0 saturated carbocycles. The summed E-state index contributed by atoms with van der Waals surface area (Å²) in [6, 6.07) is 5.35. The Hall–Kier alpha value is -1.03. The van der Waals surface area contributed by atoms with Crippen molar-refractivity contribution >= 4 is 27.5 Å². The zero-order valence-electron chi connectivity index (χ0n) is 11.9. The number of halogens is 1. The van der Waals surface area contributed by atoms with Crippen molar-refractivity contribution in [1.29, 1.82) is 0 Å². The van der Waals surface area contributed by atoms with Gasteiger partial charge in [0.15, 0.2) is 0 Å². The highest BCUT2D eigenvalue weighted by molar-refractivity contribution is 9.10. The van der Waals surface area contributed by atoms with Crippen LogP contribution >= 0.6 is 15.9 Å². The van der Waals surface area contributed by atoms with E-state index in [4.69, 9.17) is 5.73 Å². The molecular weight excluding hydrogens is 304 g/mol. The number of carbonyl (C=O) groups excluding carboxylic acids is 1. The zero-order chi connectivity index (χ0) is 14.4. The first kappa shape index (κ1) is 16.0. The molecule has 0 aliphatic rings. The molecule has 1 aromatic rings. The Morgan fingerprint density at radius 2 is 1.95 bits per heavy atom. The van der Waals surface area contributed by atoms with Crippen LogP contribution in [0.1, 0.15) is 44.0 Å². The molecular formula is C15H23BrN2O. The molecule has 106 valence electrons. The normalized spacial score (nSPS) is 10.8. The lowest BCUT2D eigenvalue weighted by atomic mass is 10.0. The molecule has 1 rings (SSSR count). The van der Waals surface area contributed by atoms with Crippen LogP contribution in [0, 0.1) is 5.92 Å². The largest absolute Gasteiger partial charge is 0.399 e. The quantitative estimate of drug-likeness (QED) is 0.805. The molecule has 4 heteroatoms. The fourth-order valence-corrected chi connectivity index (χ4v) is 2.51. The highest BCUT2D eigenvalue weighted by Gasteiger charge is 2.19. The van der Waals surface area contributed by atoms with Crippen LogP contribution in [0.4, 0.5) is 5.69 Å². The number of anilines is 1. The van der Waals surface area contributed by atoms with E-state index >= 15 is 0 Å². The molecule has 0 unspecified atom stereocenters. The summed E-state index contributed by atoms with van der Waals surface area (Å²) in [5.74, 6) is 0.609. The Morgan fingerprint density at radius 3 is 2.47 bits per heavy atom. The van der Waals surface area contributed by atoms with E-state index in [9.17, 15) is 4.79 Å². The van der Waals surface area contributed by atoms with Gasteiger partial charge in [0.1, 0.15) is 0 Å². The van der Waals surface area contributed by atoms with E-state index in [2.05, 4.69) is 29.8 Å². The second-order valence-corrected chi connectivity index (χ2v) is 5.62. The average Bonchev–Trinajstić information content (AvgIpc) is 2.42. The number of carbonyl (C=O) groups is 1. The molecule has 3 nitrogen and oxygen atoms in total. The van der Waals surface area contributed by atoms with E-state index in [0.29, 0.717) is 17.2 Å². The van der Waals surface area contributed by atoms with Crippen molar-refractivity contribution in [2.75, 3.05) is 18.8 Å². The predicted octanol–water partition coefficient (Wildman–Crippen LogP) is 3.93. The van der Waals surface area contributed by atoms with Crippen molar-refractivity contribution in [3.8, 4) is 0 Å². The molecule has 2 N–H and O–H groups in total. The monoisotopic (exact) mass is 326 g/mol. The van der Waals surface area contributed by atoms with Crippen molar-refractivity contribution in [1.82, 2.24) is 4.90 Å². The van der Waals surface area contributed by atoms with Gasteiger partial charge in [-0.15, -0.1) is 0 Å². The summed E-state index contributed by atoms with van der Waals surface area (Å²) in [7, 11) is 0. The number of nitrogens with zero attached hydrogens (tertiary/aromatic N) is 1. The van der Waals surface area contributed by atoms with Gasteiger partial charge in [-0.3, -0.25) is 4.79 Å². The van der Waals surface area contributed by atoms with Crippen LogP contribution in [0.5, 0.6) is 0 Å². The van der Waals surface area contributed by atoms with Crippen LogP contribution < -0.4 is 5.73 Å². The Kier molecular flexibility index (Phi) is 6.35. The van der Waals surface area contributed by atoms with Crippen molar-refractivity contribution in [2.24, 2.45) is 5.92 Å². The smallest absolute Gasteiger partial charge is 0.255 e. The third-order valence-electron chi connectivity index (χ3n) is 3.52. The molecule has 0 aromatic heterocycles. The molecule has 0 bridgehead atoms. The fraction of sp³-hybridized carbons (Fsp3) is 0.533. The maximum Gasteiger partial charge on any atom is 0.255 e. The Bertz CT molecular complexity index is 430. The molecule has 1 amide bonds. The highest BCUT2D eigenvalue weighted by atomic mass is 79.9. The first-order valence-corrected chi connectivity index (χ1v) is 7.66. The van der Waals surface area contributed by atoms with Crippen LogP contribution in [-0.2, 0) is 0 Å². The highest BCUT2D eigenvalue weighted by Crippen LogP contribution is 2.22. The molecule has 0 aliphatic carbocycles. The van der Waals surface area contributed by atoms with Crippen LogP contribution in [0.15, 0.2) is 22.7 Å². The first-order chi connectivity index (χ1) is 9.03. The molecule has 0 fully saturated rings. The topological polar surface area (TPSA) is 46.3 Å². The van der Waals surface area contributed by atoms with Gasteiger partial charge in [-0.05, 0) is 47.0 Å². The number of nitrogens with two attached hydrogens (primary N) is 1. The van der Waals surface area contributed by atoms with E-state index in [1.807, 2.05) is 17.9 Å². The summed E-state index contributed by atoms with van der Waals surface area (Å²) in [5, 5.41) is 0. The zero-order valence-corrected chi connectivity index (χ0v) is 13.5. The molecule has 0 radical (unpaired) electrons. The third-order valence-corrected chi connectivity index (χ3v) is 4.21. The number of amides is 1. The van der Waals surface area contributed by atoms with E-state index in [0.717, 1.165) is 30.4 Å². The number of hydrogen-bond acceptors (Lipinski definition) is 2. The lowest BCUT2D eigenvalue weighted by molar-refractivity contribution is 0.0734. The van der Waals surface area contributed by atoms with Crippen LogP contribution in [0.3, 0.4) is 0 Å². The van der Waals surface area contributed by atoms with Crippen molar-refractivity contribution < 1.29 is 4.79 Å². The Labute approximate surface area is 124 Å². The summed E-state index contributed by atoms with van der Waals surface area (Å²) in [5.41, 5.74) is 7.03. The summed E-state index contributed by atoms with van der Waals surface area (Å²) < 4.78 is 0.801. The van der Waals surface area contributed by atoms with E-state index in [1.54, 1.807) is 12.1 Å². The van der Waals surface area contributed by atoms with Gasteiger partial charge in [0.05, 0.1) is 5.56 Å². The second kappa shape index (κ2) is 7.53. The number of nitrogen functional groups attached to an aromatic ring is 1. The average molecular weight is 327 g/mol. The fourth-order valence-electron chi connectivity index (χ4n) is 2.09. The van der Waals surface area contributed by atoms with Gasteiger partial charge in [0.2, 0.25) is 0 Å². The van der Waals surface area contributed by atoms with Gasteiger partial charge < -0.3 is 10.6 Å². The Morgan fingerprint density at radius 1 is 1.32 bits per heavy atom. The molecule has 0 aliphatic heterocycles. The maximum atomic E-state index is 12.6. The molecule has 0 heterocycles. The van der Waals surface area contributed by atoms with Crippen LogP contribution in [0.25, 0.3) is 0 Å². The van der Waals surface area contributed by atoms with Gasteiger partial charge in [-0.1, -0.05) is 26.7 Å². The minimum Gasteiger partial charge on any atom is -0.399 e. The lowest BCUT2D eigenvalue weighted by Crippen LogP contribution is -2.35. The van der Waals surface area contributed by atoms with Gasteiger partial charge in [-0.25, -0.2) is 0 Å². The molecule has 0 saturated heterocycles. The van der Waals surface area contributed by atoms with Gasteiger partial charge in [0.25, 0.3) is 5.91 Å². The molecule has 0 spiro atoms. The minimum absolute atomic E-state index is 0.0496. The van der Waals surface area contributed by atoms with E-state index in [1.165, 1.54) is 0 Å².